The molecule has 0 saturated heterocycles. The first-order valence-electron chi connectivity index (χ1n) is 8.84. The van der Waals surface area contributed by atoms with E-state index in [1.165, 1.54) is 6.08 Å². The Morgan fingerprint density at radius 3 is 1.64 bits per heavy atom. The van der Waals surface area contributed by atoms with Crippen molar-refractivity contribution < 1.29 is 14.7 Å². The third kappa shape index (κ3) is 19.5. The van der Waals surface area contributed by atoms with E-state index in [1.807, 2.05) is 6.08 Å². The Bertz CT molecular complexity index is 531. The van der Waals surface area contributed by atoms with E-state index < -0.39 is 5.97 Å². The van der Waals surface area contributed by atoms with Crippen molar-refractivity contribution in [3.05, 3.63) is 72.9 Å². The molecule has 0 fully saturated rings. The van der Waals surface area contributed by atoms with Crippen molar-refractivity contribution >= 4 is 11.8 Å². The van der Waals surface area contributed by atoms with Crippen LogP contribution in [0.25, 0.3) is 0 Å². The van der Waals surface area contributed by atoms with Crippen LogP contribution in [0.2, 0.25) is 0 Å². The molecule has 1 N–H and O–H groups in total. The number of carbonyl (C=O) groups is 2. The van der Waals surface area contributed by atoms with Crippen LogP contribution < -0.4 is 0 Å². The van der Waals surface area contributed by atoms with Gasteiger partial charge in [-0.3, -0.25) is 9.59 Å². The smallest absolute Gasteiger partial charge is 0.303 e. The normalized spacial score (nSPS) is 12.8. The van der Waals surface area contributed by atoms with Crippen molar-refractivity contribution in [2.75, 3.05) is 0 Å². The zero-order valence-corrected chi connectivity index (χ0v) is 15.1. The fourth-order valence-electron chi connectivity index (χ4n) is 1.79. The van der Waals surface area contributed by atoms with E-state index in [0.29, 0.717) is 0 Å². The van der Waals surface area contributed by atoms with Gasteiger partial charge in [0.2, 0.25) is 0 Å². The number of hydrogen-bond donors (Lipinski definition) is 1. The largest absolute Gasteiger partial charge is 0.481 e. The molecule has 0 bridgehead atoms. The molecule has 0 saturated carbocycles. The van der Waals surface area contributed by atoms with Gasteiger partial charge in [0.15, 0.2) is 5.78 Å². The average Bonchev–Trinajstić information content (AvgIpc) is 2.59. The summed E-state index contributed by atoms with van der Waals surface area (Å²) in [7, 11) is 0. The van der Waals surface area contributed by atoms with Crippen LogP contribution in [0.4, 0.5) is 0 Å². The van der Waals surface area contributed by atoms with Crippen LogP contribution >= 0.6 is 0 Å². The number of carboxylic acid groups (broad SMARTS) is 1. The van der Waals surface area contributed by atoms with Gasteiger partial charge in [-0.25, -0.2) is 0 Å². The summed E-state index contributed by atoms with van der Waals surface area (Å²) in [4.78, 5) is 21.6. The van der Waals surface area contributed by atoms with E-state index in [2.05, 4.69) is 55.5 Å². The number of hydrogen-bond acceptors (Lipinski definition) is 2. The van der Waals surface area contributed by atoms with Crippen molar-refractivity contribution in [1.82, 2.24) is 0 Å². The van der Waals surface area contributed by atoms with Gasteiger partial charge in [-0.15, -0.1) is 0 Å². The van der Waals surface area contributed by atoms with Crippen molar-refractivity contribution in [2.45, 2.75) is 51.9 Å². The Balaban J connectivity index is 3.68. The summed E-state index contributed by atoms with van der Waals surface area (Å²) in [6.45, 7) is 2.13. The molecule has 0 aromatic heterocycles. The maximum Gasteiger partial charge on any atom is 0.303 e. The number of ketones is 1. The third-order valence-electron chi connectivity index (χ3n) is 3.11. The minimum atomic E-state index is -0.948. The molecule has 0 radical (unpaired) electrons. The first kappa shape index (κ1) is 22.6. The summed E-state index contributed by atoms with van der Waals surface area (Å²) in [5, 5.41) is 8.47. The summed E-state index contributed by atoms with van der Waals surface area (Å²) in [6, 6.07) is 0. The van der Waals surface area contributed by atoms with E-state index in [1.54, 1.807) is 12.2 Å². The highest BCUT2D eigenvalue weighted by molar-refractivity contribution is 5.91. The monoisotopic (exact) mass is 342 g/mol. The fraction of sp³-hybridized carbons (Fsp3) is 0.364. The van der Waals surface area contributed by atoms with Crippen LogP contribution in [0.3, 0.4) is 0 Å². The van der Waals surface area contributed by atoms with Gasteiger partial charge in [-0.1, -0.05) is 73.8 Å². The van der Waals surface area contributed by atoms with Gasteiger partial charge < -0.3 is 5.11 Å². The van der Waals surface area contributed by atoms with Crippen molar-refractivity contribution in [2.24, 2.45) is 0 Å². The van der Waals surface area contributed by atoms with Crippen LogP contribution in [0.5, 0.6) is 0 Å². The van der Waals surface area contributed by atoms with Crippen molar-refractivity contribution in [3.8, 4) is 0 Å². The molecular formula is C22H30O3. The molecule has 0 atom stereocenters. The number of aliphatic carboxylic acids is 1. The standard InChI is InChI=1S/C22H30O3/c1-2-3-4-5-6-7-8-9-10-11-12-13-14-15-16-17-18-21(23)19-20-22(24)25/h3-4,6-7,9-10,12-13,15-18H,2,5,8,11,14,19-20H2,1H3,(H,24,25). The van der Waals surface area contributed by atoms with Crippen LogP contribution in [0, 0.1) is 0 Å². The molecule has 0 spiro atoms. The number of rotatable bonds is 14. The molecule has 0 aromatic carbocycles. The Morgan fingerprint density at radius 1 is 0.680 bits per heavy atom. The van der Waals surface area contributed by atoms with Crippen molar-refractivity contribution in [1.29, 1.82) is 0 Å². The Kier molecular flexibility index (Phi) is 16.2. The van der Waals surface area contributed by atoms with Gasteiger partial charge in [-0.05, 0) is 38.2 Å². The topological polar surface area (TPSA) is 54.4 Å². The summed E-state index contributed by atoms with van der Waals surface area (Å²) >= 11 is 0. The van der Waals surface area contributed by atoms with Gasteiger partial charge in [0.1, 0.15) is 0 Å². The van der Waals surface area contributed by atoms with E-state index in [9.17, 15) is 9.59 Å². The molecule has 0 aliphatic rings. The molecule has 3 heteroatoms. The minimum absolute atomic E-state index is 0.0521. The fourth-order valence-corrected chi connectivity index (χ4v) is 1.79. The summed E-state index contributed by atoms with van der Waals surface area (Å²) in [5.74, 6) is -1.11. The summed E-state index contributed by atoms with van der Waals surface area (Å²) < 4.78 is 0. The molecule has 3 nitrogen and oxygen atoms in total. The number of allylic oxidation sites excluding steroid dienone is 12. The lowest BCUT2D eigenvalue weighted by molar-refractivity contribution is -0.138. The number of carbonyl (C=O) groups excluding carboxylic acids is 1. The molecule has 25 heavy (non-hydrogen) atoms. The second kappa shape index (κ2) is 17.9. The molecule has 0 aliphatic heterocycles. The quantitative estimate of drug-likeness (QED) is 0.249. The minimum Gasteiger partial charge on any atom is -0.481 e. The first-order valence-corrected chi connectivity index (χ1v) is 8.84. The predicted octanol–water partition coefficient (Wildman–Crippen LogP) is 5.73. The van der Waals surface area contributed by atoms with Gasteiger partial charge >= 0.3 is 5.97 Å². The lowest BCUT2D eigenvalue weighted by Crippen LogP contribution is -1.99. The zero-order valence-electron chi connectivity index (χ0n) is 15.1. The maximum absolute atomic E-state index is 11.3. The molecule has 0 unspecified atom stereocenters. The first-order chi connectivity index (χ1) is 12.2. The molecule has 0 heterocycles. The molecule has 136 valence electrons. The summed E-state index contributed by atoms with van der Waals surface area (Å²) in [6.07, 6.45) is 28.7. The van der Waals surface area contributed by atoms with Crippen LogP contribution in [0.1, 0.15) is 51.9 Å². The molecule has 0 aliphatic carbocycles. The summed E-state index contributed by atoms with van der Waals surface area (Å²) in [5.41, 5.74) is 0. The average molecular weight is 342 g/mol. The SMILES string of the molecule is CCC=CCC=CCC=CCC=CCC=CC=CC(=O)CCC(=O)O. The van der Waals surface area contributed by atoms with Gasteiger partial charge in [0.05, 0.1) is 6.42 Å². The zero-order chi connectivity index (χ0) is 18.6. The molecule has 0 amide bonds. The second-order valence-electron chi connectivity index (χ2n) is 5.38. The Morgan fingerprint density at radius 2 is 1.16 bits per heavy atom. The highest BCUT2D eigenvalue weighted by Crippen LogP contribution is 1.96. The van der Waals surface area contributed by atoms with Crippen molar-refractivity contribution in [3.63, 3.8) is 0 Å². The number of carboxylic acids is 1. The highest BCUT2D eigenvalue weighted by atomic mass is 16.4. The van der Waals surface area contributed by atoms with E-state index in [-0.39, 0.29) is 18.6 Å². The maximum atomic E-state index is 11.3. The van der Waals surface area contributed by atoms with Crippen LogP contribution in [0.15, 0.2) is 72.9 Å². The Hall–Kier alpha value is -2.42. The van der Waals surface area contributed by atoms with Gasteiger partial charge in [0.25, 0.3) is 0 Å². The van der Waals surface area contributed by atoms with E-state index in [0.717, 1.165) is 32.1 Å². The highest BCUT2D eigenvalue weighted by Gasteiger charge is 2.00. The van der Waals surface area contributed by atoms with E-state index >= 15 is 0 Å². The predicted molar refractivity (Wildman–Crippen MR) is 105 cm³/mol. The third-order valence-corrected chi connectivity index (χ3v) is 3.11. The second-order valence-corrected chi connectivity index (χ2v) is 5.38. The lowest BCUT2D eigenvalue weighted by atomic mass is 10.2. The van der Waals surface area contributed by atoms with Gasteiger partial charge in [-0.2, -0.15) is 0 Å². The van der Waals surface area contributed by atoms with Crippen LogP contribution in [-0.2, 0) is 9.59 Å². The van der Waals surface area contributed by atoms with E-state index in [4.69, 9.17) is 5.11 Å². The molecule has 0 aromatic rings. The lowest BCUT2D eigenvalue weighted by Gasteiger charge is -1.89. The molecular weight excluding hydrogens is 312 g/mol. The van der Waals surface area contributed by atoms with Crippen LogP contribution in [-0.4, -0.2) is 16.9 Å². The van der Waals surface area contributed by atoms with Gasteiger partial charge in [0, 0.05) is 6.42 Å². The molecule has 0 rings (SSSR count). The Labute approximate surface area is 151 Å².